The fourth-order valence-electron chi connectivity index (χ4n) is 2.49. The maximum Gasteiger partial charge on any atom is 0.326 e. The molecule has 0 rings (SSSR count). The maximum absolute atomic E-state index is 12.5. The quantitative estimate of drug-likeness (QED) is 0.120. The highest BCUT2D eigenvalue weighted by molar-refractivity contribution is 7.98. The zero-order chi connectivity index (χ0) is 23.8. The largest absolute Gasteiger partial charge is 0.481 e. The first-order chi connectivity index (χ1) is 14.6. The first kappa shape index (κ1) is 28.6. The molecule has 0 heterocycles. The van der Waals surface area contributed by atoms with Crippen molar-refractivity contribution in [1.82, 2.24) is 16.0 Å². The second-order valence-electron chi connectivity index (χ2n) is 6.84. The third kappa shape index (κ3) is 13.5. The van der Waals surface area contributed by atoms with Crippen molar-refractivity contribution in [3.05, 3.63) is 0 Å². The molecule has 3 atom stereocenters. The topological polar surface area (TPSA) is 214 Å². The highest BCUT2D eigenvalue weighted by atomic mass is 32.2. The van der Waals surface area contributed by atoms with E-state index in [1.165, 1.54) is 11.8 Å². The number of hydrogen-bond donors (Lipinski definition) is 7. The lowest BCUT2D eigenvalue weighted by atomic mass is 10.1. The van der Waals surface area contributed by atoms with Crippen molar-refractivity contribution >= 4 is 41.4 Å². The van der Waals surface area contributed by atoms with E-state index in [1.54, 1.807) is 6.26 Å². The third-order valence-electron chi connectivity index (χ3n) is 4.25. The van der Waals surface area contributed by atoms with Crippen LogP contribution in [0.25, 0.3) is 0 Å². The molecule has 3 unspecified atom stereocenters. The van der Waals surface area contributed by atoms with Gasteiger partial charge in [0, 0.05) is 6.42 Å². The van der Waals surface area contributed by atoms with Gasteiger partial charge < -0.3 is 37.6 Å². The van der Waals surface area contributed by atoms with Crippen molar-refractivity contribution in [1.29, 1.82) is 0 Å². The van der Waals surface area contributed by atoms with Gasteiger partial charge >= 0.3 is 11.9 Å². The van der Waals surface area contributed by atoms with Crippen LogP contribution in [0.5, 0.6) is 0 Å². The first-order valence-corrected chi connectivity index (χ1v) is 11.3. The minimum Gasteiger partial charge on any atom is -0.481 e. The van der Waals surface area contributed by atoms with Gasteiger partial charge in [-0.3, -0.25) is 19.2 Å². The zero-order valence-electron chi connectivity index (χ0n) is 17.6. The molecule has 12 nitrogen and oxygen atoms in total. The van der Waals surface area contributed by atoms with Gasteiger partial charge in [-0.15, -0.1) is 0 Å². The lowest BCUT2D eigenvalue weighted by Crippen LogP contribution is -2.54. The third-order valence-corrected chi connectivity index (χ3v) is 4.90. The van der Waals surface area contributed by atoms with E-state index < -0.39 is 60.8 Å². The summed E-state index contributed by atoms with van der Waals surface area (Å²) in [6.45, 7) is 0.100. The van der Waals surface area contributed by atoms with Crippen molar-refractivity contribution in [2.75, 3.05) is 25.1 Å². The molecule has 0 radical (unpaired) electrons. The molecule has 0 aromatic rings. The summed E-state index contributed by atoms with van der Waals surface area (Å²) in [5, 5.41) is 25.0. The molecule has 0 aromatic heterocycles. The number of rotatable bonds is 17. The van der Waals surface area contributed by atoms with E-state index in [1.807, 2.05) is 0 Å². The van der Waals surface area contributed by atoms with Crippen LogP contribution >= 0.6 is 11.8 Å². The van der Waals surface area contributed by atoms with E-state index >= 15 is 0 Å². The average molecular weight is 464 g/mol. The summed E-state index contributed by atoms with van der Waals surface area (Å²) in [4.78, 5) is 58.5. The van der Waals surface area contributed by atoms with Crippen LogP contribution in [-0.4, -0.2) is 83.1 Å². The fourth-order valence-corrected chi connectivity index (χ4v) is 2.96. The number of thioether (sulfide) groups is 1. The van der Waals surface area contributed by atoms with Gasteiger partial charge in [0.1, 0.15) is 12.1 Å². The zero-order valence-corrected chi connectivity index (χ0v) is 18.4. The van der Waals surface area contributed by atoms with E-state index in [0.29, 0.717) is 25.1 Å². The standard InChI is InChI=1S/C18H33N5O7S/c1-31-9-7-12(17(28)23-13(18(29)30)5-6-15(25)26)22-14(24)10-21-16(27)11(20)4-2-3-8-19/h11-13H,2-10,19-20H2,1H3,(H,21,27)(H,22,24)(H,23,28)(H,25,26)(H,29,30). The second-order valence-corrected chi connectivity index (χ2v) is 7.83. The minimum atomic E-state index is -1.40. The Morgan fingerprint density at radius 3 is 2.16 bits per heavy atom. The van der Waals surface area contributed by atoms with Gasteiger partial charge in [-0.1, -0.05) is 6.42 Å². The van der Waals surface area contributed by atoms with Gasteiger partial charge in [-0.2, -0.15) is 11.8 Å². The van der Waals surface area contributed by atoms with Crippen LogP contribution in [0.15, 0.2) is 0 Å². The molecule has 0 bridgehead atoms. The summed E-state index contributed by atoms with van der Waals surface area (Å²) in [6, 6.07) is -3.22. The lowest BCUT2D eigenvalue weighted by Gasteiger charge is -2.21. The molecule has 0 fully saturated rings. The molecular weight excluding hydrogens is 430 g/mol. The Morgan fingerprint density at radius 2 is 1.61 bits per heavy atom. The van der Waals surface area contributed by atoms with Crippen LogP contribution in [0.1, 0.15) is 38.5 Å². The van der Waals surface area contributed by atoms with Crippen molar-refractivity contribution in [2.24, 2.45) is 11.5 Å². The first-order valence-electron chi connectivity index (χ1n) is 9.89. The van der Waals surface area contributed by atoms with Gasteiger partial charge in [0.15, 0.2) is 0 Å². The molecule has 3 amide bonds. The fraction of sp³-hybridized carbons (Fsp3) is 0.722. The summed E-state index contributed by atoms with van der Waals surface area (Å²) in [5.74, 6) is -3.95. The number of carboxylic acid groups (broad SMARTS) is 2. The molecule has 31 heavy (non-hydrogen) atoms. The molecule has 0 saturated carbocycles. The SMILES string of the molecule is CSCCC(NC(=O)CNC(=O)C(N)CCCCN)C(=O)NC(CCC(=O)O)C(=O)O. The Kier molecular flexibility index (Phi) is 15.1. The highest BCUT2D eigenvalue weighted by Gasteiger charge is 2.27. The predicted octanol–water partition coefficient (Wildman–Crippen LogP) is -1.77. The molecule has 0 spiro atoms. The lowest BCUT2D eigenvalue weighted by molar-refractivity contribution is -0.143. The van der Waals surface area contributed by atoms with Crippen LogP contribution in [0.2, 0.25) is 0 Å². The number of carbonyl (C=O) groups is 5. The number of unbranched alkanes of at least 4 members (excludes halogenated alkanes) is 1. The number of amides is 3. The Bertz CT molecular complexity index is 620. The molecule has 0 aliphatic rings. The van der Waals surface area contributed by atoms with Gasteiger partial charge in [-0.05, 0) is 44.2 Å². The Hall–Kier alpha value is -2.38. The molecule has 178 valence electrons. The van der Waals surface area contributed by atoms with E-state index in [2.05, 4.69) is 16.0 Å². The van der Waals surface area contributed by atoms with Crippen molar-refractivity contribution in [2.45, 2.75) is 56.7 Å². The van der Waals surface area contributed by atoms with Crippen LogP contribution in [0, 0.1) is 0 Å². The van der Waals surface area contributed by atoms with Gasteiger partial charge in [0.25, 0.3) is 0 Å². The molecular formula is C18H33N5O7S. The summed E-state index contributed by atoms with van der Waals surface area (Å²) < 4.78 is 0. The van der Waals surface area contributed by atoms with Gasteiger partial charge in [-0.25, -0.2) is 4.79 Å². The Morgan fingerprint density at radius 1 is 0.935 bits per heavy atom. The maximum atomic E-state index is 12.5. The smallest absolute Gasteiger partial charge is 0.326 e. The summed E-state index contributed by atoms with van der Waals surface area (Å²) in [6.07, 6.45) is 3.13. The molecule has 13 heteroatoms. The van der Waals surface area contributed by atoms with Crippen molar-refractivity contribution in [3.8, 4) is 0 Å². The summed E-state index contributed by atoms with van der Waals surface area (Å²) >= 11 is 1.42. The van der Waals surface area contributed by atoms with Crippen LogP contribution in [-0.2, 0) is 24.0 Å². The summed E-state index contributed by atoms with van der Waals surface area (Å²) in [7, 11) is 0. The molecule has 0 aliphatic carbocycles. The van der Waals surface area contributed by atoms with Crippen molar-refractivity contribution in [3.63, 3.8) is 0 Å². The van der Waals surface area contributed by atoms with E-state index in [9.17, 15) is 29.1 Å². The number of aliphatic carboxylic acids is 2. The minimum absolute atomic E-state index is 0.219. The van der Waals surface area contributed by atoms with Gasteiger partial charge in [0.05, 0.1) is 12.6 Å². The number of nitrogens with two attached hydrogens (primary N) is 2. The number of nitrogens with one attached hydrogen (secondary N) is 3. The highest BCUT2D eigenvalue weighted by Crippen LogP contribution is 2.04. The van der Waals surface area contributed by atoms with E-state index in [0.717, 1.165) is 6.42 Å². The van der Waals surface area contributed by atoms with Crippen LogP contribution in [0.4, 0.5) is 0 Å². The average Bonchev–Trinajstić information content (AvgIpc) is 2.71. The summed E-state index contributed by atoms with van der Waals surface area (Å²) in [5.41, 5.74) is 11.1. The predicted molar refractivity (Wildman–Crippen MR) is 115 cm³/mol. The van der Waals surface area contributed by atoms with Crippen LogP contribution in [0.3, 0.4) is 0 Å². The second kappa shape index (κ2) is 16.3. The van der Waals surface area contributed by atoms with E-state index in [4.69, 9.17) is 16.6 Å². The molecule has 9 N–H and O–H groups in total. The number of carbonyl (C=O) groups excluding carboxylic acids is 3. The number of hydrogen-bond acceptors (Lipinski definition) is 8. The Labute approximate surface area is 185 Å². The molecule has 0 aromatic carbocycles. The monoisotopic (exact) mass is 463 g/mol. The number of carboxylic acids is 2. The van der Waals surface area contributed by atoms with Gasteiger partial charge in [0.2, 0.25) is 17.7 Å². The molecule has 0 saturated heterocycles. The van der Waals surface area contributed by atoms with Crippen molar-refractivity contribution < 1.29 is 34.2 Å². The Balaban J connectivity index is 4.78. The van der Waals surface area contributed by atoms with Crippen LogP contribution < -0.4 is 27.4 Å². The van der Waals surface area contributed by atoms with E-state index in [-0.39, 0.29) is 12.8 Å². The normalized spacial score (nSPS) is 13.5. The molecule has 0 aliphatic heterocycles.